The molecule has 0 aliphatic rings. The first-order valence-corrected chi connectivity index (χ1v) is 7.96. The first-order valence-electron chi connectivity index (χ1n) is 6.57. The van der Waals surface area contributed by atoms with Crippen LogP contribution in [0.5, 0.6) is 5.75 Å². The summed E-state index contributed by atoms with van der Waals surface area (Å²) in [6.07, 6.45) is 1.53. The van der Waals surface area contributed by atoms with Crippen molar-refractivity contribution in [1.82, 2.24) is 4.90 Å². The molecule has 1 aromatic rings. The first-order chi connectivity index (χ1) is 9.56. The van der Waals surface area contributed by atoms with E-state index < -0.39 is 6.10 Å². The van der Waals surface area contributed by atoms with E-state index in [9.17, 15) is 5.11 Å². The second kappa shape index (κ2) is 8.85. The van der Waals surface area contributed by atoms with Crippen LogP contribution in [0.2, 0.25) is 0 Å². The van der Waals surface area contributed by atoms with Crippen molar-refractivity contribution in [3.05, 3.63) is 29.8 Å². The number of nitriles is 1. The molecule has 110 valence electrons. The highest BCUT2D eigenvalue weighted by atomic mass is 32.2. The van der Waals surface area contributed by atoms with Gasteiger partial charge in [-0.2, -0.15) is 17.0 Å². The van der Waals surface area contributed by atoms with E-state index in [2.05, 4.69) is 24.1 Å². The molecule has 0 radical (unpaired) electrons. The summed E-state index contributed by atoms with van der Waals surface area (Å²) >= 11 is 1.79. The number of hydrogen-bond acceptors (Lipinski definition) is 5. The Hall–Kier alpha value is -1.22. The largest absolute Gasteiger partial charge is 0.491 e. The van der Waals surface area contributed by atoms with Crippen LogP contribution in [-0.2, 0) is 0 Å². The van der Waals surface area contributed by atoms with Crippen molar-refractivity contribution < 1.29 is 9.84 Å². The third-order valence-electron chi connectivity index (χ3n) is 3.06. The van der Waals surface area contributed by atoms with Gasteiger partial charge in [-0.1, -0.05) is 6.07 Å². The summed E-state index contributed by atoms with van der Waals surface area (Å²) in [4.78, 5) is 2.12. The Labute approximate surface area is 125 Å². The average molecular weight is 294 g/mol. The highest BCUT2D eigenvalue weighted by molar-refractivity contribution is 7.98. The van der Waals surface area contributed by atoms with E-state index in [1.54, 1.807) is 36.0 Å². The summed E-state index contributed by atoms with van der Waals surface area (Å²) in [5, 5.41) is 18.8. The number of hydrogen-bond donors (Lipinski definition) is 1. The molecule has 0 aliphatic carbocycles. The van der Waals surface area contributed by atoms with E-state index in [1.165, 1.54) is 0 Å². The molecular formula is C15H22N2O2S. The fraction of sp³-hybridized carbons (Fsp3) is 0.533. The number of likely N-dealkylation sites (N-methyl/N-ethyl adjacent to an activating group) is 1. The molecule has 2 atom stereocenters. The van der Waals surface area contributed by atoms with Gasteiger partial charge in [0, 0.05) is 18.3 Å². The summed E-state index contributed by atoms with van der Waals surface area (Å²) in [5.41, 5.74) is 0.558. The number of ether oxygens (including phenoxy) is 1. The van der Waals surface area contributed by atoms with Crippen molar-refractivity contribution >= 4 is 11.8 Å². The highest BCUT2D eigenvalue weighted by Gasteiger charge is 2.14. The molecule has 4 nitrogen and oxygen atoms in total. The average Bonchev–Trinajstić information content (AvgIpc) is 2.45. The molecule has 2 unspecified atom stereocenters. The van der Waals surface area contributed by atoms with Gasteiger partial charge in [0.1, 0.15) is 18.5 Å². The van der Waals surface area contributed by atoms with E-state index >= 15 is 0 Å². The summed E-state index contributed by atoms with van der Waals surface area (Å²) in [7, 11) is 2.00. The van der Waals surface area contributed by atoms with Gasteiger partial charge in [-0.15, -0.1) is 0 Å². The van der Waals surface area contributed by atoms with Crippen LogP contribution >= 0.6 is 11.8 Å². The first kappa shape index (κ1) is 16.8. The molecule has 0 aliphatic heterocycles. The van der Waals surface area contributed by atoms with E-state index in [0.29, 0.717) is 23.9 Å². The van der Waals surface area contributed by atoms with Crippen molar-refractivity contribution in [1.29, 1.82) is 5.26 Å². The Morgan fingerprint density at radius 2 is 2.25 bits per heavy atom. The maximum atomic E-state index is 9.99. The Morgan fingerprint density at radius 1 is 1.50 bits per heavy atom. The number of rotatable bonds is 8. The van der Waals surface area contributed by atoms with Crippen molar-refractivity contribution in [2.75, 3.05) is 32.2 Å². The Kier molecular flexibility index (Phi) is 7.45. The summed E-state index contributed by atoms with van der Waals surface area (Å²) in [6, 6.07) is 9.43. The zero-order valence-electron chi connectivity index (χ0n) is 12.2. The maximum Gasteiger partial charge on any atom is 0.120 e. The summed E-state index contributed by atoms with van der Waals surface area (Å²) in [5.74, 6) is 1.65. The van der Waals surface area contributed by atoms with E-state index in [4.69, 9.17) is 10.00 Å². The molecule has 0 saturated carbocycles. The van der Waals surface area contributed by atoms with Crippen molar-refractivity contribution in [2.45, 2.75) is 19.1 Å². The maximum absolute atomic E-state index is 9.99. The second-order valence-corrected chi connectivity index (χ2v) is 5.76. The summed E-state index contributed by atoms with van der Waals surface area (Å²) < 4.78 is 5.52. The van der Waals surface area contributed by atoms with Crippen molar-refractivity contribution in [3.63, 3.8) is 0 Å². The molecule has 1 rings (SSSR count). The van der Waals surface area contributed by atoms with Crippen LogP contribution in [0.1, 0.15) is 12.5 Å². The Balaban J connectivity index is 2.39. The molecule has 0 bridgehead atoms. The second-order valence-electron chi connectivity index (χ2n) is 4.85. The smallest absolute Gasteiger partial charge is 0.120 e. The van der Waals surface area contributed by atoms with Crippen LogP contribution in [0.3, 0.4) is 0 Å². The van der Waals surface area contributed by atoms with Gasteiger partial charge < -0.3 is 14.7 Å². The van der Waals surface area contributed by atoms with Crippen molar-refractivity contribution in [3.8, 4) is 11.8 Å². The SMILES string of the molecule is CSCC(C)N(C)CC(O)COc1cccc(C#N)c1. The molecule has 1 N–H and O–H groups in total. The Bertz CT molecular complexity index is 448. The zero-order valence-corrected chi connectivity index (χ0v) is 13.1. The quantitative estimate of drug-likeness (QED) is 0.794. The van der Waals surface area contributed by atoms with Crippen LogP contribution in [0.15, 0.2) is 24.3 Å². The number of aliphatic hydroxyl groups is 1. The summed E-state index contributed by atoms with van der Waals surface area (Å²) in [6.45, 7) is 2.94. The predicted molar refractivity (Wildman–Crippen MR) is 83.1 cm³/mol. The lowest BCUT2D eigenvalue weighted by Crippen LogP contribution is -2.39. The molecule has 0 saturated heterocycles. The lowest BCUT2D eigenvalue weighted by atomic mass is 10.2. The van der Waals surface area contributed by atoms with Crippen molar-refractivity contribution in [2.24, 2.45) is 0 Å². The van der Waals surface area contributed by atoms with Gasteiger partial charge in [-0.05, 0) is 38.4 Å². The van der Waals surface area contributed by atoms with Crippen LogP contribution < -0.4 is 4.74 Å². The van der Waals surface area contributed by atoms with Crippen LogP contribution in [0, 0.1) is 11.3 Å². The molecule has 0 spiro atoms. The van der Waals surface area contributed by atoms with Gasteiger partial charge in [-0.25, -0.2) is 0 Å². The molecule has 1 aromatic carbocycles. The van der Waals surface area contributed by atoms with Gasteiger partial charge in [0.2, 0.25) is 0 Å². The zero-order chi connectivity index (χ0) is 15.0. The minimum atomic E-state index is -0.546. The van der Waals surface area contributed by atoms with Gasteiger partial charge in [-0.3, -0.25) is 0 Å². The number of aliphatic hydroxyl groups excluding tert-OH is 1. The third-order valence-corrected chi connectivity index (χ3v) is 3.88. The lowest BCUT2D eigenvalue weighted by Gasteiger charge is -2.26. The minimum Gasteiger partial charge on any atom is -0.491 e. The molecule has 0 fully saturated rings. The molecule has 5 heteroatoms. The molecule has 0 heterocycles. The normalized spacial score (nSPS) is 13.8. The number of benzene rings is 1. The predicted octanol–water partition coefficient (Wildman–Crippen LogP) is 1.98. The van der Waals surface area contributed by atoms with Gasteiger partial charge >= 0.3 is 0 Å². The van der Waals surface area contributed by atoms with E-state index in [0.717, 1.165) is 5.75 Å². The fourth-order valence-corrected chi connectivity index (χ4v) is 2.52. The topological polar surface area (TPSA) is 56.5 Å². The molecular weight excluding hydrogens is 272 g/mol. The third kappa shape index (κ3) is 5.83. The Morgan fingerprint density at radius 3 is 2.90 bits per heavy atom. The van der Waals surface area contributed by atoms with Crippen LogP contribution in [0.4, 0.5) is 0 Å². The van der Waals surface area contributed by atoms with E-state index in [1.807, 2.05) is 7.05 Å². The molecule has 0 aromatic heterocycles. The fourth-order valence-electron chi connectivity index (χ4n) is 1.78. The minimum absolute atomic E-state index is 0.227. The van der Waals surface area contributed by atoms with Gasteiger partial charge in [0.05, 0.1) is 11.6 Å². The van der Waals surface area contributed by atoms with Gasteiger partial charge in [0.15, 0.2) is 0 Å². The number of nitrogens with zero attached hydrogens (tertiary/aromatic N) is 2. The van der Waals surface area contributed by atoms with Crippen LogP contribution in [-0.4, -0.2) is 54.4 Å². The molecule has 0 amide bonds. The monoisotopic (exact) mass is 294 g/mol. The van der Waals surface area contributed by atoms with E-state index in [-0.39, 0.29) is 6.61 Å². The van der Waals surface area contributed by atoms with Gasteiger partial charge in [0.25, 0.3) is 0 Å². The highest BCUT2D eigenvalue weighted by Crippen LogP contribution is 2.13. The number of thioether (sulfide) groups is 1. The van der Waals surface area contributed by atoms with Crippen LogP contribution in [0.25, 0.3) is 0 Å². The lowest BCUT2D eigenvalue weighted by molar-refractivity contribution is 0.0684. The molecule has 20 heavy (non-hydrogen) atoms. The standard InChI is InChI=1S/C15H22N2O2S/c1-12(11-20-3)17(2)9-14(18)10-19-15-6-4-5-13(7-15)8-16/h4-7,12,14,18H,9-11H2,1-3H3.